The number of ether oxygens (including phenoxy) is 1. The fraction of sp³-hybridized carbons (Fsp3) is 0.455. The third-order valence-electron chi connectivity index (χ3n) is 2.66. The maximum absolute atomic E-state index is 13.3. The van der Waals surface area contributed by atoms with E-state index in [4.69, 9.17) is 4.74 Å². The molecule has 17 heavy (non-hydrogen) atoms. The zero-order chi connectivity index (χ0) is 12.3. The van der Waals surface area contributed by atoms with Crippen LogP contribution in [-0.4, -0.2) is 41.4 Å². The zero-order valence-corrected chi connectivity index (χ0v) is 9.10. The smallest absolute Gasteiger partial charge is 0.254 e. The second-order valence-electron chi connectivity index (χ2n) is 3.87. The first kappa shape index (κ1) is 11.9. The van der Waals surface area contributed by atoms with Gasteiger partial charge in [-0.25, -0.2) is 4.39 Å². The summed E-state index contributed by atoms with van der Waals surface area (Å²) in [6.45, 7) is 0.657. The lowest BCUT2D eigenvalue weighted by Crippen LogP contribution is -2.48. The van der Waals surface area contributed by atoms with E-state index in [0.29, 0.717) is 13.0 Å². The predicted molar refractivity (Wildman–Crippen MR) is 56.9 cm³/mol. The van der Waals surface area contributed by atoms with E-state index in [0.717, 1.165) is 6.20 Å². The van der Waals surface area contributed by atoms with Crippen molar-refractivity contribution in [1.82, 2.24) is 10.3 Å². The fourth-order valence-electron chi connectivity index (χ4n) is 1.70. The molecule has 0 aromatic carbocycles. The number of hydrogen-bond donors (Lipinski definition) is 2. The number of aliphatic hydroxyl groups is 1. The van der Waals surface area contributed by atoms with Crippen molar-refractivity contribution >= 4 is 5.91 Å². The molecular formula is C11H13FN2O3. The monoisotopic (exact) mass is 240 g/mol. The number of nitrogens with zero attached hydrogens (tertiary/aromatic N) is 1. The first-order valence-electron chi connectivity index (χ1n) is 5.34. The molecule has 1 aliphatic heterocycles. The minimum absolute atomic E-state index is 0.0707. The molecule has 2 atom stereocenters. The quantitative estimate of drug-likeness (QED) is 0.769. The van der Waals surface area contributed by atoms with Gasteiger partial charge in [-0.3, -0.25) is 9.78 Å². The van der Waals surface area contributed by atoms with Crippen molar-refractivity contribution in [2.45, 2.75) is 18.6 Å². The maximum Gasteiger partial charge on any atom is 0.254 e. The van der Waals surface area contributed by atoms with E-state index in [1.165, 1.54) is 12.3 Å². The SMILES string of the molecule is O=C(N[C@H]1CCOC[C@@H]1O)c1ccncc1F. The van der Waals surface area contributed by atoms with Gasteiger partial charge >= 0.3 is 0 Å². The predicted octanol–water partition coefficient (Wildman–Crippen LogP) is 0.100. The van der Waals surface area contributed by atoms with Crippen LogP contribution in [0.3, 0.4) is 0 Å². The number of aliphatic hydroxyl groups excluding tert-OH is 1. The lowest BCUT2D eigenvalue weighted by atomic mass is 10.1. The molecule has 2 rings (SSSR count). The first-order valence-corrected chi connectivity index (χ1v) is 5.34. The van der Waals surface area contributed by atoms with Gasteiger partial charge in [-0.15, -0.1) is 0 Å². The molecule has 1 amide bonds. The first-order chi connectivity index (χ1) is 8.18. The fourth-order valence-corrected chi connectivity index (χ4v) is 1.70. The average Bonchev–Trinajstić information content (AvgIpc) is 2.32. The van der Waals surface area contributed by atoms with Crippen LogP contribution in [-0.2, 0) is 4.74 Å². The summed E-state index contributed by atoms with van der Waals surface area (Å²) in [5, 5.41) is 12.2. The van der Waals surface area contributed by atoms with E-state index in [-0.39, 0.29) is 12.2 Å². The van der Waals surface area contributed by atoms with E-state index < -0.39 is 23.9 Å². The summed E-state index contributed by atoms with van der Waals surface area (Å²) in [7, 11) is 0. The van der Waals surface area contributed by atoms with E-state index in [2.05, 4.69) is 10.3 Å². The Labute approximate surface area is 97.6 Å². The van der Waals surface area contributed by atoms with Gasteiger partial charge in [0.2, 0.25) is 0 Å². The summed E-state index contributed by atoms with van der Waals surface area (Å²) in [6, 6.07) is 0.903. The summed E-state index contributed by atoms with van der Waals surface area (Å²) < 4.78 is 18.3. The van der Waals surface area contributed by atoms with Crippen molar-refractivity contribution in [2.75, 3.05) is 13.2 Å². The Balaban J connectivity index is 2.04. The summed E-state index contributed by atoms with van der Waals surface area (Å²) in [5.74, 6) is -1.22. The molecule has 2 N–H and O–H groups in total. The van der Waals surface area contributed by atoms with Gasteiger partial charge in [-0.2, -0.15) is 0 Å². The third-order valence-corrected chi connectivity index (χ3v) is 2.66. The van der Waals surface area contributed by atoms with Gasteiger partial charge in [0.1, 0.15) is 0 Å². The standard InChI is InChI=1S/C11H13FN2O3/c12-8-5-13-3-1-7(8)11(16)14-9-2-4-17-6-10(9)15/h1,3,5,9-10,15H,2,4,6H2,(H,14,16)/t9-,10-/m0/s1. The number of carbonyl (C=O) groups is 1. The van der Waals surface area contributed by atoms with Gasteiger partial charge < -0.3 is 15.2 Å². The van der Waals surface area contributed by atoms with Crippen molar-refractivity contribution in [3.05, 3.63) is 29.8 Å². The Hall–Kier alpha value is -1.53. The summed E-state index contributed by atoms with van der Waals surface area (Å²) in [4.78, 5) is 15.3. The Morgan fingerprint density at radius 3 is 3.18 bits per heavy atom. The van der Waals surface area contributed by atoms with Crippen LogP contribution in [0.5, 0.6) is 0 Å². The minimum Gasteiger partial charge on any atom is -0.389 e. The van der Waals surface area contributed by atoms with Crippen LogP contribution in [0.1, 0.15) is 16.8 Å². The van der Waals surface area contributed by atoms with E-state index in [1.54, 1.807) is 0 Å². The van der Waals surface area contributed by atoms with Gasteiger partial charge in [-0.1, -0.05) is 0 Å². The number of amides is 1. The number of hydrogen-bond acceptors (Lipinski definition) is 4. The van der Waals surface area contributed by atoms with Crippen LogP contribution in [0.2, 0.25) is 0 Å². The van der Waals surface area contributed by atoms with Crippen molar-refractivity contribution < 1.29 is 19.0 Å². The molecule has 0 saturated carbocycles. The molecule has 0 spiro atoms. The van der Waals surface area contributed by atoms with Crippen LogP contribution in [0.15, 0.2) is 18.5 Å². The molecule has 1 saturated heterocycles. The lowest BCUT2D eigenvalue weighted by molar-refractivity contribution is -0.0261. The van der Waals surface area contributed by atoms with Gasteiger partial charge in [0.25, 0.3) is 5.91 Å². The van der Waals surface area contributed by atoms with Crippen LogP contribution in [0.25, 0.3) is 0 Å². The Morgan fingerprint density at radius 2 is 2.47 bits per heavy atom. The maximum atomic E-state index is 13.3. The van der Waals surface area contributed by atoms with E-state index >= 15 is 0 Å². The van der Waals surface area contributed by atoms with E-state index in [9.17, 15) is 14.3 Å². The molecule has 1 aromatic rings. The highest BCUT2D eigenvalue weighted by molar-refractivity contribution is 5.94. The topological polar surface area (TPSA) is 71.5 Å². The second-order valence-corrected chi connectivity index (χ2v) is 3.87. The summed E-state index contributed by atoms with van der Waals surface area (Å²) in [5.41, 5.74) is -0.0707. The average molecular weight is 240 g/mol. The van der Waals surface area contributed by atoms with Gasteiger partial charge in [0.15, 0.2) is 5.82 Å². The molecule has 0 bridgehead atoms. The second kappa shape index (κ2) is 5.20. The molecule has 2 heterocycles. The van der Waals surface area contributed by atoms with Crippen molar-refractivity contribution in [3.8, 4) is 0 Å². The number of nitrogens with one attached hydrogen (secondary N) is 1. The van der Waals surface area contributed by atoms with E-state index in [1.807, 2.05) is 0 Å². The van der Waals surface area contributed by atoms with Gasteiger partial charge in [0, 0.05) is 12.8 Å². The molecule has 0 radical (unpaired) electrons. The number of aromatic nitrogens is 1. The van der Waals surface area contributed by atoms with Crippen molar-refractivity contribution in [3.63, 3.8) is 0 Å². The van der Waals surface area contributed by atoms with Crippen LogP contribution >= 0.6 is 0 Å². The van der Waals surface area contributed by atoms with Crippen molar-refractivity contribution in [2.24, 2.45) is 0 Å². The Kier molecular flexibility index (Phi) is 3.65. The number of carbonyl (C=O) groups excluding carboxylic acids is 1. The van der Waals surface area contributed by atoms with Gasteiger partial charge in [0.05, 0.1) is 30.5 Å². The number of pyridine rings is 1. The highest BCUT2D eigenvalue weighted by Gasteiger charge is 2.26. The molecule has 1 aromatic heterocycles. The van der Waals surface area contributed by atoms with Crippen molar-refractivity contribution in [1.29, 1.82) is 0 Å². The summed E-state index contributed by atoms with van der Waals surface area (Å²) in [6.07, 6.45) is 2.09. The minimum atomic E-state index is -0.752. The van der Waals surface area contributed by atoms with Crippen LogP contribution in [0, 0.1) is 5.82 Å². The largest absolute Gasteiger partial charge is 0.389 e. The molecule has 6 heteroatoms. The molecule has 1 aliphatic rings. The lowest BCUT2D eigenvalue weighted by Gasteiger charge is -2.28. The highest BCUT2D eigenvalue weighted by Crippen LogP contribution is 2.10. The normalized spacial score (nSPS) is 24.4. The van der Waals surface area contributed by atoms with Crippen LogP contribution in [0.4, 0.5) is 4.39 Å². The molecule has 0 unspecified atom stereocenters. The summed E-state index contributed by atoms with van der Waals surface area (Å²) >= 11 is 0. The Bertz CT molecular complexity index is 413. The molecule has 1 fully saturated rings. The number of halogens is 1. The molecule has 92 valence electrons. The molecule has 0 aliphatic carbocycles. The van der Waals surface area contributed by atoms with Gasteiger partial charge in [-0.05, 0) is 12.5 Å². The third kappa shape index (κ3) is 2.78. The zero-order valence-electron chi connectivity index (χ0n) is 9.10. The molecule has 5 nitrogen and oxygen atoms in total. The molecular weight excluding hydrogens is 227 g/mol. The number of rotatable bonds is 2. The Morgan fingerprint density at radius 1 is 1.65 bits per heavy atom. The van der Waals surface area contributed by atoms with Crippen LogP contribution < -0.4 is 5.32 Å². The highest BCUT2D eigenvalue weighted by atomic mass is 19.1.